The van der Waals surface area contributed by atoms with E-state index in [2.05, 4.69) is 34.7 Å². The van der Waals surface area contributed by atoms with E-state index in [1.54, 1.807) is 16.8 Å². The Labute approximate surface area is 168 Å². The molecule has 0 aliphatic carbocycles. The maximum Gasteiger partial charge on any atom is 0.270 e. The van der Waals surface area contributed by atoms with E-state index in [1.807, 2.05) is 24.3 Å². The molecular weight excluding hydrogens is 386 g/mol. The summed E-state index contributed by atoms with van der Waals surface area (Å²) in [5.41, 5.74) is 3.09. The van der Waals surface area contributed by atoms with Crippen molar-refractivity contribution >= 4 is 35.7 Å². The monoisotopic (exact) mass is 409 g/mol. The van der Waals surface area contributed by atoms with Gasteiger partial charge in [0.15, 0.2) is 5.82 Å². The second-order valence-electron chi connectivity index (χ2n) is 8.26. The van der Waals surface area contributed by atoms with E-state index in [-0.39, 0.29) is 5.69 Å². The molecule has 2 heterocycles. The van der Waals surface area contributed by atoms with Gasteiger partial charge in [-0.3, -0.25) is 10.1 Å². The number of imidazole rings is 1. The fraction of sp³-hybridized carbons (Fsp3) is 0.300. The molecule has 8 nitrogen and oxygen atoms in total. The molecule has 0 spiro atoms. The van der Waals surface area contributed by atoms with Crippen LogP contribution in [0.3, 0.4) is 0 Å². The Bertz CT molecular complexity index is 1160. The number of ether oxygens (including phenoxy) is 1. The van der Waals surface area contributed by atoms with Gasteiger partial charge in [-0.15, -0.1) is 0 Å². The lowest BCUT2D eigenvalue weighted by atomic mass is 10.2. The summed E-state index contributed by atoms with van der Waals surface area (Å²) in [6, 6.07) is 13.5. The van der Waals surface area contributed by atoms with E-state index in [0.29, 0.717) is 30.2 Å². The molecular formula is C20H23N5O3Si. The quantitative estimate of drug-likeness (QED) is 0.205. The lowest BCUT2D eigenvalue weighted by molar-refractivity contribution is -0.384. The highest BCUT2D eigenvalue weighted by molar-refractivity contribution is 6.76. The van der Waals surface area contributed by atoms with Crippen molar-refractivity contribution in [3.8, 4) is 11.5 Å². The number of para-hydroxylation sites is 2. The molecule has 4 rings (SSSR count). The van der Waals surface area contributed by atoms with Crippen molar-refractivity contribution in [2.24, 2.45) is 0 Å². The molecule has 2 aromatic carbocycles. The standard InChI is InChI=1S/C20H23N5O3Si/c1-29(2,3)11-10-28-13-24-18-9-8-14(25(26)27)12-15(18)19(23-24)20-21-16-6-4-5-7-17(16)22-20/h4-9,12H,10-11,13H2,1-3H3,(H,21,22). The van der Waals surface area contributed by atoms with Gasteiger partial charge in [0.1, 0.15) is 12.4 Å². The molecule has 0 radical (unpaired) electrons. The van der Waals surface area contributed by atoms with E-state index in [4.69, 9.17) is 4.74 Å². The summed E-state index contributed by atoms with van der Waals surface area (Å²) in [5, 5.41) is 16.6. The molecule has 9 heteroatoms. The van der Waals surface area contributed by atoms with E-state index >= 15 is 0 Å². The lowest BCUT2D eigenvalue weighted by Crippen LogP contribution is -2.22. The van der Waals surface area contributed by atoms with Crippen LogP contribution in [0.2, 0.25) is 25.7 Å². The molecule has 0 saturated heterocycles. The molecule has 2 aromatic heterocycles. The zero-order valence-electron chi connectivity index (χ0n) is 16.7. The fourth-order valence-corrected chi connectivity index (χ4v) is 3.91. The predicted octanol–water partition coefficient (Wildman–Crippen LogP) is 4.80. The summed E-state index contributed by atoms with van der Waals surface area (Å²) in [6.45, 7) is 7.87. The second-order valence-corrected chi connectivity index (χ2v) is 13.9. The van der Waals surface area contributed by atoms with Crippen LogP contribution in [0.1, 0.15) is 0 Å². The van der Waals surface area contributed by atoms with Gasteiger partial charge in [-0.1, -0.05) is 31.8 Å². The van der Waals surface area contributed by atoms with E-state index < -0.39 is 13.0 Å². The molecule has 0 bridgehead atoms. The molecule has 0 atom stereocenters. The van der Waals surface area contributed by atoms with Gasteiger partial charge in [-0.05, 0) is 24.2 Å². The average Bonchev–Trinajstić information content (AvgIpc) is 3.25. The average molecular weight is 410 g/mol. The summed E-state index contributed by atoms with van der Waals surface area (Å²) in [5.74, 6) is 0.581. The Kier molecular flexibility index (Phi) is 4.93. The number of fused-ring (bicyclic) bond motifs is 2. The molecule has 0 fully saturated rings. The molecule has 150 valence electrons. The molecule has 29 heavy (non-hydrogen) atoms. The van der Waals surface area contributed by atoms with Crippen LogP contribution < -0.4 is 0 Å². The zero-order chi connectivity index (χ0) is 20.6. The van der Waals surface area contributed by atoms with Crippen molar-refractivity contribution in [2.45, 2.75) is 32.4 Å². The first-order chi connectivity index (χ1) is 13.8. The minimum Gasteiger partial charge on any atom is -0.360 e. The largest absolute Gasteiger partial charge is 0.360 e. The number of non-ortho nitro benzene ring substituents is 1. The third kappa shape index (κ3) is 4.05. The van der Waals surface area contributed by atoms with Crippen molar-refractivity contribution in [1.29, 1.82) is 0 Å². The number of nitro benzene ring substituents is 1. The minimum atomic E-state index is -1.18. The number of rotatable bonds is 7. The van der Waals surface area contributed by atoms with Crippen molar-refractivity contribution in [2.75, 3.05) is 6.61 Å². The number of hydrogen-bond acceptors (Lipinski definition) is 5. The second kappa shape index (κ2) is 7.41. The van der Waals surface area contributed by atoms with Crippen LogP contribution in [0, 0.1) is 10.1 Å². The molecule has 0 aliphatic heterocycles. The third-order valence-electron chi connectivity index (χ3n) is 4.77. The van der Waals surface area contributed by atoms with Crippen LogP contribution in [0.4, 0.5) is 5.69 Å². The van der Waals surface area contributed by atoms with Crippen molar-refractivity contribution < 1.29 is 9.66 Å². The smallest absolute Gasteiger partial charge is 0.270 e. The van der Waals surface area contributed by atoms with Crippen molar-refractivity contribution in [1.82, 2.24) is 19.7 Å². The Balaban J connectivity index is 1.74. The highest BCUT2D eigenvalue weighted by Gasteiger charge is 2.19. The number of benzene rings is 2. The number of aromatic amines is 1. The number of H-pyrrole nitrogens is 1. The van der Waals surface area contributed by atoms with Crippen LogP contribution in [0.5, 0.6) is 0 Å². The molecule has 0 amide bonds. The van der Waals surface area contributed by atoms with Gasteiger partial charge < -0.3 is 9.72 Å². The van der Waals surface area contributed by atoms with E-state index in [0.717, 1.165) is 22.6 Å². The normalized spacial score (nSPS) is 12.1. The topological polar surface area (TPSA) is 98.9 Å². The molecule has 0 unspecified atom stereocenters. The Morgan fingerprint density at radius 3 is 2.72 bits per heavy atom. The first kappa shape index (κ1) is 19.3. The van der Waals surface area contributed by atoms with Gasteiger partial charge in [-0.2, -0.15) is 5.10 Å². The van der Waals surface area contributed by atoms with Gasteiger partial charge in [0.05, 0.1) is 21.5 Å². The van der Waals surface area contributed by atoms with Gasteiger partial charge in [-0.25, -0.2) is 9.67 Å². The number of aromatic nitrogens is 4. The molecule has 0 saturated carbocycles. The summed E-state index contributed by atoms with van der Waals surface area (Å²) in [7, 11) is -1.18. The highest BCUT2D eigenvalue weighted by Crippen LogP contribution is 2.30. The summed E-state index contributed by atoms with van der Waals surface area (Å²) in [4.78, 5) is 18.8. The van der Waals surface area contributed by atoms with E-state index in [9.17, 15) is 10.1 Å². The van der Waals surface area contributed by atoms with Gasteiger partial charge in [0.2, 0.25) is 0 Å². The first-order valence-electron chi connectivity index (χ1n) is 9.50. The number of nitrogens with zero attached hydrogens (tertiary/aromatic N) is 4. The van der Waals surface area contributed by atoms with Crippen molar-refractivity contribution in [3.05, 3.63) is 52.6 Å². The van der Waals surface area contributed by atoms with Gasteiger partial charge in [0.25, 0.3) is 5.69 Å². The molecule has 1 N–H and O–H groups in total. The van der Waals surface area contributed by atoms with Crippen molar-refractivity contribution in [3.63, 3.8) is 0 Å². The van der Waals surface area contributed by atoms with Crippen LogP contribution in [-0.4, -0.2) is 39.4 Å². The minimum absolute atomic E-state index is 0.0223. The summed E-state index contributed by atoms with van der Waals surface area (Å²) >= 11 is 0. The zero-order valence-corrected chi connectivity index (χ0v) is 17.7. The fourth-order valence-electron chi connectivity index (χ4n) is 3.15. The Hall–Kier alpha value is -3.04. The molecule has 4 aromatic rings. The first-order valence-corrected chi connectivity index (χ1v) is 13.2. The molecule has 0 aliphatic rings. The van der Waals surface area contributed by atoms with Gasteiger partial charge in [0, 0.05) is 32.2 Å². The lowest BCUT2D eigenvalue weighted by Gasteiger charge is -2.15. The van der Waals surface area contributed by atoms with E-state index in [1.165, 1.54) is 6.07 Å². The highest BCUT2D eigenvalue weighted by atomic mass is 28.3. The van der Waals surface area contributed by atoms with Crippen LogP contribution >= 0.6 is 0 Å². The predicted molar refractivity (Wildman–Crippen MR) is 116 cm³/mol. The Morgan fingerprint density at radius 2 is 2.00 bits per heavy atom. The number of nitro groups is 1. The van der Waals surface area contributed by atoms with Gasteiger partial charge >= 0.3 is 0 Å². The maximum absolute atomic E-state index is 11.3. The third-order valence-corrected chi connectivity index (χ3v) is 6.47. The Morgan fingerprint density at radius 1 is 1.21 bits per heavy atom. The maximum atomic E-state index is 11.3. The van der Waals surface area contributed by atoms with Crippen LogP contribution in [0.25, 0.3) is 33.5 Å². The number of hydrogen-bond donors (Lipinski definition) is 1. The van der Waals surface area contributed by atoms with Crippen LogP contribution in [0.15, 0.2) is 42.5 Å². The van der Waals surface area contributed by atoms with Crippen LogP contribution in [-0.2, 0) is 11.5 Å². The summed E-state index contributed by atoms with van der Waals surface area (Å²) in [6.07, 6.45) is 0. The number of nitrogens with one attached hydrogen (secondary N) is 1. The summed E-state index contributed by atoms with van der Waals surface area (Å²) < 4.78 is 7.60. The SMILES string of the molecule is C[Si](C)(C)CCOCn1nc(-c2nc3ccccc3[nH]2)c2cc([N+](=O)[O-])ccc21.